The van der Waals surface area contributed by atoms with Crippen molar-refractivity contribution in [2.24, 2.45) is 5.73 Å². The fourth-order valence-corrected chi connectivity index (χ4v) is 3.27. The molecule has 0 heterocycles. The minimum absolute atomic E-state index is 0.149. The van der Waals surface area contributed by atoms with Gasteiger partial charge in [0, 0.05) is 12.1 Å². The van der Waals surface area contributed by atoms with Crippen molar-refractivity contribution in [3.63, 3.8) is 0 Å². The van der Waals surface area contributed by atoms with Crippen molar-refractivity contribution in [2.45, 2.75) is 29.7 Å². The minimum Gasteiger partial charge on any atom is -0.495 e. The molecule has 6 heteroatoms. The lowest BCUT2D eigenvalue weighted by atomic mass is 9.78. The third-order valence-electron chi connectivity index (χ3n) is 3.32. The van der Waals surface area contributed by atoms with Gasteiger partial charge in [-0.15, -0.1) is 0 Å². The Morgan fingerprint density at radius 2 is 2.06 bits per heavy atom. The van der Waals surface area contributed by atoms with E-state index in [1.54, 1.807) is 18.2 Å². The summed E-state index contributed by atoms with van der Waals surface area (Å²) in [4.78, 5) is 0.149. The van der Waals surface area contributed by atoms with E-state index in [4.69, 9.17) is 10.5 Å². The van der Waals surface area contributed by atoms with E-state index in [0.29, 0.717) is 5.75 Å². The summed E-state index contributed by atoms with van der Waals surface area (Å²) in [6.07, 6.45) is 2.79. The second kappa shape index (κ2) is 4.87. The lowest BCUT2D eigenvalue weighted by Gasteiger charge is -2.38. The first-order valence-corrected chi connectivity index (χ1v) is 7.37. The number of hydrogen-bond acceptors (Lipinski definition) is 4. The number of rotatable bonds is 5. The van der Waals surface area contributed by atoms with Gasteiger partial charge in [-0.05, 0) is 31.4 Å². The molecule has 1 saturated carbocycles. The van der Waals surface area contributed by atoms with E-state index >= 15 is 0 Å². The van der Waals surface area contributed by atoms with Crippen LogP contribution in [0.15, 0.2) is 29.2 Å². The zero-order valence-corrected chi connectivity index (χ0v) is 11.2. The number of methoxy groups -OCH3 is 1. The van der Waals surface area contributed by atoms with Crippen LogP contribution < -0.4 is 15.2 Å². The highest BCUT2D eigenvalue weighted by Gasteiger charge is 2.34. The summed E-state index contributed by atoms with van der Waals surface area (Å²) in [6, 6.07) is 6.54. The van der Waals surface area contributed by atoms with Gasteiger partial charge in [-0.25, -0.2) is 13.1 Å². The first kappa shape index (κ1) is 13.3. The first-order valence-electron chi connectivity index (χ1n) is 5.88. The van der Waals surface area contributed by atoms with Crippen molar-refractivity contribution in [1.82, 2.24) is 4.72 Å². The highest BCUT2D eigenvalue weighted by molar-refractivity contribution is 7.89. The van der Waals surface area contributed by atoms with Gasteiger partial charge in [-0.1, -0.05) is 12.1 Å². The molecule has 1 aromatic rings. The Hall–Kier alpha value is -1.11. The zero-order chi connectivity index (χ0) is 13.2. The summed E-state index contributed by atoms with van der Waals surface area (Å²) >= 11 is 0. The SMILES string of the molecule is COc1ccccc1S(=O)(=O)NCC1(N)CCC1. The van der Waals surface area contributed by atoms with Gasteiger partial charge in [0.1, 0.15) is 10.6 Å². The third kappa shape index (κ3) is 2.66. The number of nitrogens with one attached hydrogen (secondary N) is 1. The third-order valence-corrected chi connectivity index (χ3v) is 4.76. The van der Waals surface area contributed by atoms with Gasteiger partial charge in [-0.3, -0.25) is 0 Å². The molecule has 100 valence electrons. The fourth-order valence-electron chi connectivity index (χ4n) is 1.96. The highest BCUT2D eigenvalue weighted by Crippen LogP contribution is 2.29. The molecule has 18 heavy (non-hydrogen) atoms. The fraction of sp³-hybridized carbons (Fsp3) is 0.500. The Morgan fingerprint density at radius 1 is 1.39 bits per heavy atom. The Kier molecular flexibility index (Phi) is 3.61. The van der Waals surface area contributed by atoms with Crippen molar-refractivity contribution in [3.8, 4) is 5.75 Å². The second-order valence-corrected chi connectivity index (χ2v) is 6.43. The second-order valence-electron chi connectivity index (χ2n) is 4.69. The van der Waals surface area contributed by atoms with Crippen LogP contribution in [-0.2, 0) is 10.0 Å². The lowest BCUT2D eigenvalue weighted by molar-refractivity contribution is 0.251. The molecular formula is C12H18N2O3S. The Labute approximate surface area is 107 Å². The van der Waals surface area contributed by atoms with Crippen LogP contribution in [0.2, 0.25) is 0 Å². The van der Waals surface area contributed by atoms with Crippen molar-refractivity contribution in [1.29, 1.82) is 0 Å². The van der Waals surface area contributed by atoms with Gasteiger partial charge >= 0.3 is 0 Å². The summed E-state index contributed by atoms with van der Waals surface area (Å²) in [7, 11) is -2.12. The average Bonchev–Trinajstić information content (AvgIpc) is 2.34. The molecule has 1 aromatic carbocycles. The van der Waals surface area contributed by atoms with Crippen LogP contribution in [-0.4, -0.2) is 27.6 Å². The van der Waals surface area contributed by atoms with E-state index in [9.17, 15) is 8.42 Å². The standard InChI is InChI=1S/C12H18N2O3S/c1-17-10-5-2-3-6-11(10)18(15,16)14-9-12(13)7-4-8-12/h2-3,5-6,14H,4,7-9,13H2,1H3. The molecule has 1 aliphatic carbocycles. The summed E-state index contributed by atoms with van der Waals surface area (Å²) < 4.78 is 31.9. The Bertz CT molecular complexity index is 524. The summed E-state index contributed by atoms with van der Waals surface area (Å²) in [5.41, 5.74) is 5.62. The van der Waals surface area contributed by atoms with Crippen LogP contribution in [0.4, 0.5) is 0 Å². The molecule has 0 aliphatic heterocycles. The molecule has 0 aromatic heterocycles. The minimum atomic E-state index is -3.57. The Balaban J connectivity index is 2.15. The lowest BCUT2D eigenvalue weighted by Crippen LogP contribution is -2.54. The largest absolute Gasteiger partial charge is 0.495 e. The van der Waals surface area contributed by atoms with E-state index < -0.39 is 10.0 Å². The van der Waals surface area contributed by atoms with Crippen LogP contribution in [0.5, 0.6) is 5.75 Å². The molecular weight excluding hydrogens is 252 g/mol. The molecule has 5 nitrogen and oxygen atoms in total. The molecule has 2 rings (SSSR count). The molecule has 3 N–H and O–H groups in total. The number of sulfonamides is 1. The van der Waals surface area contributed by atoms with Crippen molar-refractivity contribution >= 4 is 10.0 Å². The normalized spacial score (nSPS) is 18.1. The van der Waals surface area contributed by atoms with Crippen LogP contribution in [0.25, 0.3) is 0 Å². The van der Waals surface area contributed by atoms with E-state index in [0.717, 1.165) is 19.3 Å². The molecule has 0 amide bonds. The zero-order valence-electron chi connectivity index (χ0n) is 10.3. The predicted molar refractivity (Wildman–Crippen MR) is 69.0 cm³/mol. The topological polar surface area (TPSA) is 81.4 Å². The van der Waals surface area contributed by atoms with Crippen molar-refractivity contribution in [2.75, 3.05) is 13.7 Å². The average molecular weight is 270 g/mol. The summed E-state index contributed by atoms with van der Waals surface area (Å²) in [6.45, 7) is 0.271. The highest BCUT2D eigenvalue weighted by atomic mass is 32.2. The summed E-state index contributed by atoms with van der Waals surface area (Å²) in [5.74, 6) is 0.338. The van der Waals surface area contributed by atoms with Crippen molar-refractivity contribution in [3.05, 3.63) is 24.3 Å². The quantitative estimate of drug-likeness (QED) is 0.831. The van der Waals surface area contributed by atoms with Gasteiger partial charge < -0.3 is 10.5 Å². The molecule has 0 unspecified atom stereocenters. The van der Waals surface area contributed by atoms with E-state index in [-0.39, 0.29) is 17.0 Å². The van der Waals surface area contributed by atoms with E-state index in [1.807, 2.05) is 0 Å². The van der Waals surface area contributed by atoms with Crippen LogP contribution in [0, 0.1) is 0 Å². The molecule has 0 bridgehead atoms. The summed E-state index contributed by atoms with van der Waals surface area (Å²) in [5, 5.41) is 0. The molecule has 1 aliphatic rings. The first-order chi connectivity index (χ1) is 8.47. The smallest absolute Gasteiger partial charge is 0.244 e. The van der Waals surface area contributed by atoms with Crippen LogP contribution in [0.1, 0.15) is 19.3 Å². The van der Waals surface area contributed by atoms with Crippen LogP contribution >= 0.6 is 0 Å². The molecule has 0 radical (unpaired) electrons. The number of benzene rings is 1. The van der Waals surface area contributed by atoms with Gasteiger partial charge in [0.15, 0.2) is 0 Å². The molecule has 1 fully saturated rings. The number of para-hydroxylation sites is 1. The maximum Gasteiger partial charge on any atom is 0.244 e. The van der Waals surface area contributed by atoms with Gasteiger partial charge in [0.05, 0.1) is 7.11 Å². The Morgan fingerprint density at radius 3 is 2.61 bits per heavy atom. The number of nitrogens with two attached hydrogens (primary N) is 1. The van der Waals surface area contributed by atoms with E-state index in [2.05, 4.69) is 4.72 Å². The van der Waals surface area contributed by atoms with Crippen molar-refractivity contribution < 1.29 is 13.2 Å². The maximum atomic E-state index is 12.2. The molecule has 0 atom stereocenters. The van der Waals surface area contributed by atoms with Crippen LogP contribution in [0.3, 0.4) is 0 Å². The van der Waals surface area contributed by atoms with E-state index in [1.165, 1.54) is 13.2 Å². The van der Waals surface area contributed by atoms with Gasteiger partial charge in [-0.2, -0.15) is 0 Å². The number of hydrogen-bond donors (Lipinski definition) is 2. The monoisotopic (exact) mass is 270 g/mol. The predicted octanol–water partition coefficient (Wildman–Crippen LogP) is 0.855. The maximum absolute atomic E-state index is 12.2. The molecule has 0 spiro atoms. The van der Waals surface area contributed by atoms with Gasteiger partial charge in [0.2, 0.25) is 10.0 Å². The van der Waals surface area contributed by atoms with Gasteiger partial charge in [0.25, 0.3) is 0 Å². The molecule has 0 saturated heterocycles. The number of ether oxygens (including phenoxy) is 1.